The van der Waals surface area contributed by atoms with Crippen molar-refractivity contribution in [2.45, 2.75) is 189 Å². The molecule has 7 atom stereocenters. The molecule has 27 N–H and O–H groups in total. The Balaban J connectivity index is 0.983. The third-order valence-corrected chi connectivity index (χ3v) is 25.8. The molecule has 1 heterocycles. The number of carboxylic acids is 1. The van der Waals surface area contributed by atoms with Gasteiger partial charge in [-0.2, -0.15) is 0 Å². The number of hydrogen-bond donors (Lipinski definition) is 24. The van der Waals surface area contributed by atoms with Crippen LogP contribution in [0.1, 0.15) is 141 Å². The SMILES string of the molecule is Cc1ccccc1NC(=O)Nc1ccc(CC(=O)N[C@@H](CCCNC(N)=O)C(=O)N[C@@H](CCC(=O)O)C(=O)N[C@@H](CO)C(=O)N[C@H](C(=O)NCCOCCOCCNC(=O)CCC(=O)NCCOCCOCCNC(=O)CCC(=O)N[C@@H](CCCCNC(=O)[C@H](N)CSC2CC(=O)N(CC3CCC(C(=O)NCCCC(O)(P(=O)(O)O)P(=O)(O)O)CC3)C2=O)C(N)=O)C(C)C)cc1. The number of aliphatic hydroxyl groups is 2. The molecule has 1 unspecified atom stereocenters. The van der Waals surface area contributed by atoms with Gasteiger partial charge in [0, 0.05) is 120 Å². The molecule has 18 amide bonds. The number of rotatable bonds is 65. The van der Waals surface area contributed by atoms with Crippen molar-refractivity contribution >= 4 is 139 Å². The number of benzene rings is 2. The topological polar surface area (TPSA) is 753 Å². The number of hydrogen-bond acceptors (Lipinski definition) is 27. The monoisotopic (exact) mass is 1910 g/mol. The van der Waals surface area contributed by atoms with Crippen LogP contribution in [0.2, 0.25) is 0 Å². The number of aliphatic hydroxyl groups excluding tert-OH is 1. The molecule has 1 aliphatic heterocycles. The molecule has 0 spiro atoms. The standard InChI is InChI=1S/C80H128N18O30P2S/c1-49(2)69(97-75(113)60(47-99)95-74(112)59(22-27-68(106)107)94-73(111)58(13-8-30-90-78(83)116)93-66(104)44-51-16-20-54(21-17-51)91-79(117)96-56-11-5-4-10-50(56)3)76(114)89-35-39-128-43-42-127-37-33-85-63(101)24-23-62(100)84-32-36-125-40-41-126-38-34-86-64(102)25-26-65(103)92-57(70(82)108)12-6-7-29-88-72(110)55(81)48-131-61-45-67(105)98(77(61)115)46-52-14-18-53(19-15-52)71(109)87-31-9-28-80(118,129(119,120)121)130(122,123)124/h4-5,10-11,16-17,20-21,49,52-53,55,57-61,69,99,118H,6-9,12-15,18-19,22-48,81H2,1-3H3,(H2,82,108)(H,84,100)(H,85,101)(H,86,102)(H,87,109)(H,88,110)(H,89,114)(H,92,103)(H,93,104)(H,94,111)(H,95,112)(H,97,113)(H,106,107)(H3,83,90,116)(H2,91,96,117)(H2,119,120,121)(H2,122,123,124)/t52?,53?,55-,57+,58+,59+,60+,61?,69+/m1/s1. The molecule has 48 nitrogen and oxygen atoms in total. The summed E-state index contributed by atoms with van der Waals surface area (Å²) in [5, 5.41) is 61.4. The normalized spacial score (nSPS) is 15.9. The van der Waals surface area contributed by atoms with E-state index in [9.17, 15) is 126 Å². The number of likely N-dealkylation sites (tertiary alicyclic amines) is 1. The smallest absolute Gasteiger partial charge is 0.369 e. The number of carbonyl (C=O) groups is 17. The lowest BCUT2D eigenvalue weighted by Gasteiger charge is -2.30. The number of nitrogens with one attached hydrogen (secondary N) is 14. The first-order valence-electron chi connectivity index (χ1n) is 42.9. The summed E-state index contributed by atoms with van der Waals surface area (Å²) in [5.41, 5.74) is 19.2. The highest BCUT2D eigenvalue weighted by Gasteiger charge is 2.59. The van der Waals surface area contributed by atoms with Crippen LogP contribution in [0.4, 0.5) is 21.0 Å². The summed E-state index contributed by atoms with van der Waals surface area (Å²) >= 11 is 1.07. The van der Waals surface area contributed by atoms with E-state index < -0.39 is 188 Å². The number of aryl methyl sites for hydroxylation is 1. The van der Waals surface area contributed by atoms with Crippen molar-refractivity contribution < 1.29 is 144 Å². The number of carboxylic acid groups (broad SMARTS) is 1. The number of nitrogens with two attached hydrogens (primary N) is 3. The summed E-state index contributed by atoms with van der Waals surface area (Å²) in [5.74, 6) is -11.1. The summed E-state index contributed by atoms with van der Waals surface area (Å²) < 4.78 is 45.1. The van der Waals surface area contributed by atoms with E-state index in [4.69, 9.17) is 36.1 Å². The van der Waals surface area contributed by atoms with Gasteiger partial charge >= 0.3 is 33.2 Å². The van der Waals surface area contributed by atoms with Crippen molar-refractivity contribution in [1.29, 1.82) is 0 Å². The first-order chi connectivity index (χ1) is 62.0. The lowest BCUT2D eigenvalue weighted by Crippen LogP contribution is -2.60. The molecular weight excluding hydrogens is 1790 g/mol. The molecule has 131 heavy (non-hydrogen) atoms. The highest BCUT2D eigenvalue weighted by molar-refractivity contribution is 8.00. The molecule has 1 saturated heterocycles. The van der Waals surface area contributed by atoms with E-state index >= 15 is 0 Å². The minimum Gasteiger partial charge on any atom is -0.481 e. The minimum atomic E-state index is -5.63. The zero-order valence-corrected chi connectivity index (χ0v) is 76.2. The number of thioether (sulfide) groups is 1. The number of amides is 18. The van der Waals surface area contributed by atoms with Crippen LogP contribution in [-0.4, -0.2) is 305 Å². The van der Waals surface area contributed by atoms with Crippen LogP contribution in [0.5, 0.6) is 0 Å². The number of carbonyl (C=O) groups excluding carboxylic acids is 16. The van der Waals surface area contributed by atoms with E-state index in [-0.39, 0.29) is 193 Å². The summed E-state index contributed by atoms with van der Waals surface area (Å²) in [6.45, 7) is 5.43. The van der Waals surface area contributed by atoms with Crippen LogP contribution >= 0.6 is 27.0 Å². The molecule has 0 radical (unpaired) electrons. The summed E-state index contributed by atoms with van der Waals surface area (Å²) in [4.78, 5) is 256. The third kappa shape index (κ3) is 44.1. The maximum absolute atomic E-state index is 13.9. The molecule has 1 saturated carbocycles. The largest absolute Gasteiger partial charge is 0.481 e. The van der Waals surface area contributed by atoms with E-state index in [0.29, 0.717) is 55.5 Å². The molecule has 4 rings (SSSR count). The van der Waals surface area contributed by atoms with Gasteiger partial charge in [0.05, 0.1) is 77.2 Å². The Morgan fingerprint density at radius 2 is 1.03 bits per heavy atom. The van der Waals surface area contributed by atoms with Crippen molar-refractivity contribution in [3.63, 3.8) is 0 Å². The number of aliphatic carboxylic acids is 1. The first kappa shape index (κ1) is 113. The van der Waals surface area contributed by atoms with Crippen LogP contribution < -0.4 is 91.6 Å². The number of primary amides is 2. The second-order valence-corrected chi connectivity index (χ2v) is 36.6. The summed E-state index contributed by atoms with van der Waals surface area (Å²) in [7, 11) is -11.3. The van der Waals surface area contributed by atoms with Gasteiger partial charge in [-0.25, -0.2) is 9.59 Å². The Hall–Kier alpha value is -10.4. The lowest BCUT2D eigenvalue weighted by molar-refractivity contribution is -0.140. The van der Waals surface area contributed by atoms with Crippen LogP contribution in [-0.2, 0) is 106 Å². The highest BCUT2D eigenvalue weighted by atomic mass is 32.2. The molecule has 2 fully saturated rings. The molecule has 0 aromatic heterocycles. The zero-order valence-electron chi connectivity index (χ0n) is 73.6. The Morgan fingerprint density at radius 3 is 1.56 bits per heavy atom. The fourth-order valence-electron chi connectivity index (χ4n) is 13.1. The van der Waals surface area contributed by atoms with E-state index in [1.54, 1.807) is 50.2 Å². The van der Waals surface area contributed by atoms with E-state index in [2.05, 4.69) is 74.4 Å². The quantitative estimate of drug-likeness (QED) is 0.0172. The Kier molecular flexibility index (Phi) is 51.6. The van der Waals surface area contributed by atoms with E-state index in [1.807, 2.05) is 19.1 Å². The number of imide groups is 1. The zero-order chi connectivity index (χ0) is 97.2. The van der Waals surface area contributed by atoms with Gasteiger partial charge in [-0.15, -0.1) is 11.8 Å². The Labute approximate surface area is 761 Å². The van der Waals surface area contributed by atoms with Crippen molar-refractivity contribution in [3.8, 4) is 0 Å². The summed E-state index contributed by atoms with van der Waals surface area (Å²) in [6, 6.07) is 4.13. The van der Waals surface area contributed by atoms with Crippen molar-refractivity contribution in [2.24, 2.45) is 35.0 Å². The third-order valence-electron chi connectivity index (χ3n) is 20.6. The fourth-order valence-corrected chi connectivity index (χ4v) is 16.5. The van der Waals surface area contributed by atoms with Gasteiger partial charge in [-0.3, -0.25) is 85.9 Å². The average Bonchev–Trinajstić information content (AvgIpc) is 1.39. The highest BCUT2D eigenvalue weighted by Crippen LogP contribution is 2.69. The molecule has 2 aromatic carbocycles. The fraction of sp³-hybridized carbons (Fsp3) is 0.637. The Bertz CT molecular complexity index is 4200. The van der Waals surface area contributed by atoms with Gasteiger partial charge in [-0.05, 0) is 119 Å². The second kappa shape index (κ2) is 59.9. The van der Waals surface area contributed by atoms with E-state index in [1.165, 1.54) is 4.90 Å². The maximum Gasteiger partial charge on any atom is 0.369 e. The van der Waals surface area contributed by atoms with Gasteiger partial charge < -0.3 is 145 Å². The van der Waals surface area contributed by atoms with Crippen LogP contribution in [0.15, 0.2) is 48.5 Å². The number of unbranched alkanes of at least 4 members (excludes halogenated alkanes) is 1. The number of ether oxygens (including phenoxy) is 4. The number of urea groups is 2. The lowest BCUT2D eigenvalue weighted by atomic mass is 9.81. The van der Waals surface area contributed by atoms with Crippen molar-refractivity contribution in [2.75, 3.05) is 128 Å². The van der Waals surface area contributed by atoms with Crippen LogP contribution in [0, 0.1) is 24.7 Å². The molecule has 51 heteroatoms. The van der Waals surface area contributed by atoms with Gasteiger partial charge in [0.15, 0.2) is 0 Å². The number of anilines is 2. The Morgan fingerprint density at radius 1 is 0.534 bits per heavy atom. The van der Waals surface area contributed by atoms with Crippen molar-refractivity contribution in [1.82, 2.24) is 68.7 Å². The molecule has 0 bridgehead atoms. The molecule has 734 valence electrons. The van der Waals surface area contributed by atoms with Gasteiger partial charge in [0.1, 0.15) is 30.2 Å². The van der Waals surface area contributed by atoms with Gasteiger partial charge in [0.25, 0.3) is 5.08 Å². The van der Waals surface area contributed by atoms with Crippen LogP contribution in [0.25, 0.3) is 0 Å². The number of para-hydroxylation sites is 1. The average molecular weight is 1920 g/mol. The molecule has 2 aliphatic rings. The minimum absolute atomic E-state index is 0.0114. The van der Waals surface area contributed by atoms with Crippen LogP contribution in [0.3, 0.4) is 0 Å². The number of nitrogens with zero attached hydrogens (tertiary/aromatic N) is 1. The first-order valence-corrected chi connectivity index (χ1v) is 47.2. The van der Waals surface area contributed by atoms with Gasteiger partial charge in [-0.1, -0.05) is 44.2 Å². The van der Waals surface area contributed by atoms with Gasteiger partial charge in [0.2, 0.25) is 82.7 Å². The maximum atomic E-state index is 13.9. The molecular formula is C80H128N18O30P2S. The predicted octanol–water partition coefficient (Wildman–Crippen LogP) is -3.68. The summed E-state index contributed by atoms with van der Waals surface area (Å²) in [6.07, 6.45) is -0.838. The van der Waals surface area contributed by atoms with Crippen molar-refractivity contribution in [3.05, 3.63) is 59.7 Å². The molecule has 2 aromatic rings. The van der Waals surface area contributed by atoms with E-state index in [0.717, 1.165) is 17.3 Å². The molecule has 1 aliphatic carbocycles. The predicted molar refractivity (Wildman–Crippen MR) is 471 cm³/mol. The second-order valence-electron chi connectivity index (χ2n) is 31.3.